The van der Waals surface area contributed by atoms with Gasteiger partial charge < -0.3 is 15.2 Å². The number of nitriles is 1. The molecule has 0 unspecified atom stereocenters. The van der Waals surface area contributed by atoms with Crippen molar-refractivity contribution in [1.82, 2.24) is 5.32 Å². The number of carbonyl (C=O) groups excluding carboxylic acids is 2. The van der Waals surface area contributed by atoms with Crippen LogP contribution in [0.1, 0.15) is 32.6 Å². The minimum absolute atomic E-state index is 0.239. The van der Waals surface area contributed by atoms with Gasteiger partial charge in [-0.15, -0.1) is 0 Å². The zero-order valence-corrected chi connectivity index (χ0v) is 10.1. The first kappa shape index (κ1) is 15.9. The zero-order chi connectivity index (χ0) is 14.0. The Labute approximate surface area is 105 Å². The molecule has 0 heterocycles. The Hall–Kier alpha value is -2.10. The van der Waals surface area contributed by atoms with E-state index in [9.17, 15) is 14.4 Å². The van der Waals surface area contributed by atoms with Gasteiger partial charge in [0.1, 0.15) is 6.04 Å². The summed E-state index contributed by atoms with van der Waals surface area (Å²) in [6.07, 6.45) is 1.70. The molecule has 0 spiro atoms. The lowest BCUT2D eigenvalue weighted by atomic mass is 10.1. The number of nitrogens with zero attached hydrogens (tertiary/aromatic N) is 1. The Kier molecular flexibility index (Phi) is 7.94. The molecule has 100 valence electrons. The lowest BCUT2D eigenvalue weighted by Crippen LogP contribution is -2.42. The quantitative estimate of drug-likeness (QED) is 0.473. The van der Waals surface area contributed by atoms with E-state index in [-0.39, 0.29) is 6.42 Å². The number of rotatable bonds is 8. The summed E-state index contributed by atoms with van der Waals surface area (Å²) in [6.45, 7) is 0.668. The molecule has 0 aliphatic carbocycles. The number of nitrogens with one attached hydrogen (secondary N) is 1. The molecule has 0 aromatic carbocycles. The van der Waals surface area contributed by atoms with Crippen molar-refractivity contribution in [2.45, 2.75) is 38.6 Å². The number of amides is 1. The standard InChI is InChI=1S/C11H16N2O5/c1-8(14)18-7-10(15)13-9(11(16)17)5-3-2-4-6-12/h9H,2-5,7H2,1H3,(H,13,15)(H,16,17)/t9-/m0/s1. The largest absolute Gasteiger partial charge is 0.480 e. The summed E-state index contributed by atoms with van der Waals surface area (Å²) in [4.78, 5) is 32.6. The lowest BCUT2D eigenvalue weighted by Gasteiger charge is -2.13. The normalized spacial score (nSPS) is 11.1. The van der Waals surface area contributed by atoms with Crippen LogP contribution in [0.3, 0.4) is 0 Å². The summed E-state index contributed by atoms with van der Waals surface area (Å²) < 4.78 is 4.44. The van der Waals surface area contributed by atoms with Gasteiger partial charge in [0.2, 0.25) is 0 Å². The van der Waals surface area contributed by atoms with Crippen molar-refractivity contribution < 1.29 is 24.2 Å². The first-order chi connectivity index (χ1) is 8.47. The Morgan fingerprint density at radius 3 is 2.56 bits per heavy atom. The number of ether oxygens (including phenoxy) is 1. The van der Waals surface area contributed by atoms with E-state index >= 15 is 0 Å². The van der Waals surface area contributed by atoms with Crippen molar-refractivity contribution in [3.8, 4) is 6.07 Å². The maximum atomic E-state index is 11.2. The first-order valence-electron chi connectivity index (χ1n) is 5.50. The second kappa shape index (κ2) is 8.98. The summed E-state index contributed by atoms with van der Waals surface area (Å²) in [5.74, 6) is -2.41. The van der Waals surface area contributed by atoms with Crippen LogP contribution < -0.4 is 5.32 Å². The smallest absolute Gasteiger partial charge is 0.326 e. The molecule has 7 heteroatoms. The second-order valence-electron chi connectivity index (χ2n) is 3.64. The summed E-state index contributed by atoms with van der Waals surface area (Å²) in [5.41, 5.74) is 0. The molecule has 18 heavy (non-hydrogen) atoms. The minimum Gasteiger partial charge on any atom is -0.480 e. The molecule has 0 aromatic heterocycles. The van der Waals surface area contributed by atoms with Crippen LogP contribution in [-0.4, -0.2) is 35.6 Å². The van der Waals surface area contributed by atoms with Crippen LogP contribution >= 0.6 is 0 Å². The predicted octanol–water partition coefficient (Wildman–Crippen LogP) is 0.203. The Morgan fingerprint density at radius 1 is 1.39 bits per heavy atom. The van der Waals surface area contributed by atoms with Crippen LogP contribution in [0.5, 0.6) is 0 Å². The third-order valence-electron chi connectivity index (χ3n) is 2.07. The van der Waals surface area contributed by atoms with Crippen molar-refractivity contribution in [3.63, 3.8) is 0 Å². The molecule has 1 atom stereocenters. The molecule has 1 amide bonds. The maximum Gasteiger partial charge on any atom is 0.326 e. The molecular formula is C11H16N2O5. The lowest BCUT2D eigenvalue weighted by molar-refractivity contribution is -0.148. The molecular weight excluding hydrogens is 240 g/mol. The van der Waals surface area contributed by atoms with Gasteiger partial charge in [0.15, 0.2) is 6.61 Å². The molecule has 0 saturated heterocycles. The number of hydrogen-bond acceptors (Lipinski definition) is 5. The van der Waals surface area contributed by atoms with E-state index < -0.39 is 30.5 Å². The van der Waals surface area contributed by atoms with Crippen LogP contribution in [0.15, 0.2) is 0 Å². The zero-order valence-electron chi connectivity index (χ0n) is 10.1. The molecule has 0 aliphatic heterocycles. The van der Waals surface area contributed by atoms with Gasteiger partial charge in [0.25, 0.3) is 5.91 Å². The van der Waals surface area contributed by atoms with Crippen molar-refractivity contribution in [1.29, 1.82) is 5.26 Å². The molecule has 0 saturated carbocycles. The molecule has 0 bridgehead atoms. The average Bonchev–Trinajstić information content (AvgIpc) is 2.30. The predicted molar refractivity (Wildman–Crippen MR) is 60.3 cm³/mol. The highest BCUT2D eigenvalue weighted by atomic mass is 16.5. The third kappa shape index (κ3) is 8.10. The van der Waals surface area contributed by atoms with Crippen molar-refractivity contribution in [2.24, 2.45) is 0 Å². The second-order valence-corrected chi connectivity index (χ2v) is 3.64. The SMILES string of the molecule is CC(=O)OCC(=O)N[C@@H](CCCCC#N)C(=O)O. The number of carboxylic acids is 1. The van der Waals surface area contributed by atoms with Gasteiger partial charge in [-0.05, 0) is 19.3 Å². The van der Waals surface area contributed by atoms with Gasteiger partial charge in [-0.3, -0.25) is 9.59 Å². The molecule has 0 aromatic rings. The number of unbranched alkanes of at least 4 members (excludes halogenated alkanes) is 2. The number of aliphatic carboxylic acids is 1. The average molecular weight is 256 g/mol. The van der Waals surface area contributed by atoms with Crippen LogP contribution in [0.4, 0.5) is 0 Å². The molecule has 7 nitrogen and oxygen atoms in total. The van der Waals surface area contributed by atoms with Gasteiger partial charge >= 0.3 is 11.9 Å². The fraction of sp³-hybridized carbons (Fsp3) is 0.636. The van der Waals surface area contributed by atoms with Crippen LogP contribution in [0.25, 0.3) is 0 Å². The summed E-state index contributed by atoms with van der Waals surface area (Å²) in [6, 6.07) is 0.930. The molecule has 0 radical (unpaired) electrons. The molecule has 0 aliphatic rings. The van der Waals surface area contributed by atoms with E-state index in [1.807, 2.05) is 6.07 Å². The Balaban J connectivity index is 4.03. The van der Waals surface area contributed by atoms with Crippen molar-refractivity contribution >= 4 is 17.8 Å². The fourth-order valence-corrected chi connectivity index (χ4v) is 1.21. The number of hydrogen-bond donors (Lipinski definition) is 2. The van der Waals surface area contributed by atoms with Gasteiger partial charge in [0, 0.05) is 13.3 Å². The number of esters is 1. The highest BCUT2D eigenvalue weighted by molar-refractivity contribution is 5.85. The summed E-state index contributed by atoms with van der Waals surface area (Å²) in [5, 5.41) is 19.4. The highest BCUT2D eigenvalue weighted by Crippen LogP contribution is 2.03. The molecule has 0 rings (SSSR count). The monoisotopic (exact) mass is 256 g/mol. The Bertz CT molecular complexity index is 348. The minimum atomic E-state index is -1.15. The van der Waals surface area contributed by atoms with Crippen LogP contribution in [-0.2, 0) is 19.1 Å². The van der Waals surface area contributed by atoms with Gasteiger partial charge in [0.05, 0.1) is 6.07 Å². The van der Waals surface area contributed by atoms with E-state index in [2.05, 4.69) is 10.1 Å². The molecule has 0 fully saturated rings. The van der Waals surface area contributed by atoms with E-state index in [1.54, 1.807) is 0 Å². The summed E-state index contributed by atoms with van der Waals surface area (Å²) >= 11 is 0. The summed E-state index contributed by atoms with van der Waals surface area (Å²) in [7, 11) is 0. The third-order valence-corrected chi connectivity index (χ3v) is 2.07. The van der Waals surface area contributed by atoms with Gasteiger partial charge in [-0.2, -0.15) is 5.26 Å². The highest BCUT2D eigenvalue weighted by Gasteiger charge is 2.19. The van der Waals surface area contributed by atoms with E-state index in [0.717, 1.165) is 6.92 Å². The maximum absolute atomic E-state index is 11.2. The van der Waals surface area contributed by atoms with E-state index in [4.69, 9.17) is 10.4 Å². The molecule has 2 N–H and O–H groups in total. The first-order valence-corrected chi connectivity index (χ1v) is 5.50. The van der Waals surface area contributed by atoms with Crippen molar-refractivity contribution in [3.05, 3.63) is 0 Å². The van der Waals surface area contributed by atoms with Gasteiger partial charge in [-0.1, -0.05) is 0 Å². The topological polar surface area (TPSA) is 116 Å². The van der Waals surface area contributed by atoms with Crippen LogP contribution in [0, 0.1) is 11.3 Å². The fourth-order valence-electron chi connectivity index (χ4n) is 1.21. The van der Waals surface area contributed by atoms with E-state index in [0.29, 0.717) is 19.3 Å². The van der Waals surface area contributed by atoms with Crippen LogP contribution in [0.2, 0.25) is 0 Å². The number of carbonyl (C=O) groups is 3. The Morgan fingerprint density at radius 2 is 2.06 bits per heavy atom. The van der Waals surface area contributed by atoms with Gasteiger partial charge in [-0.25, -0.2) is 4.79 Å². The van der Waals surface area contributed by atoms with E-state index in [1.165, 1.54) is 0 Å². The van der Waals surface area contributed by atoms with Crippen molar-refractivity contribution in [2.75, 3.05) is 6.61 Å². The number of carboxylic acid groups (broad SMARTS) is 1.